The minimum Gasteiger partial charge on any atom is -0.488 e. The van der Waals surface area contributed by atoms with E-state index in [0.717, 1.165) is 25.0 Å². The molecule has 3 aromatic rings. The van der Waals surface area contributed by atoms with Gasteiger partial charge in [0.15, 0.2) is 23.2 Å². The summed E-state index contributed by atoms with van der Waals surface area (Å²) in [6.07, 6.45) is 1.68. The summed E-state index contributed by atoms with van der Waals surface area (Å²) in [6.45, 7) is -0.395. The first-order valence-corrected chi connectivity index (χ1v) is 10.4. The van der Waals surface area contributed by atoms with Crippen LogP contribution in [0.1, 0.15) is 25.5 Å². The van der Waals surface area contributed by atoms with Crippen LogP contribution in [-0.4, -0.2) is 71.9 Å². The van der Waals surface area contributed by atoms with Crippen molar-refractivity contribution in [3.63, 3.8) is 0 Å². The van der Waals surface area contributed by atoms with Crippen molar-refractivity contribution in [1.29, 1.82) is 0 Å². The Morgan fingerprint density at radius 2 is 1.94 bits per heavy atom. The molecule has 0 radical (unpaired) electrons. The first-order valence-electron chi connectivity index (χ1n) is 10.4. The topological polar surface area (TPSA) is 135 Å². The van der Waals surface area contributed by atoms with Gasteiger partial charge in [0.1, 0.15) is 36.5 Å². The second-order valence-electron chi connectivity index (χ2n) is 7.93. The fraction of sp³-hybridized carbons (Fsp3) is 0.476. The van der Waals surface area contributed by atoms with Crippen LogP contribution in [0.25, 0.3) is 11.2 Å². The number of rotatable bonds is 6. The molecule has 10 heteroatoms. The van der Waals surface area contributed by atoms with Gasteiger partial charge in [-0.05, 0) is 31.4 Å². The number of aliphatic hydroxyl groups is 3. The number of hydrogen-bond acceptors (Lipinski definition) is 9. The van der Waals surface area contributed by atoms with E-state index in [0.29, 0.717) is 17.0 Å². The molecule has 0 bridgehead atoms. The zero-order valence-electron chi connectivity index (χ0n) is 16.8. The Morgan fingerprint density at radius 1 is 1.10 bits per heavy atom. The molecule has 164 valence electrons. The minimum absolute atomic E-state index is 0.00921. The first kappa shape index (κ1) is 20.1. The van der Waals surface area contributed by atoms with Gasteiger partial charge in [0.25, 0.3) is 0 Å². The second kappa shape index (κ2) is 8.39. The van der Waals surface area contributed by atoms with Crippen molar-refractivity contribution in [3.05, 3.63) is 43.0 Å². The van der Waals surface area contributed by atoms with Crippen LogP contribution >= 0.6 is 0 Å². The van der Waals surface area contributed by atoms with Crippen LogP contribution < -0.4 is 10.1 Å². The van der Waals surface area contributed by atoms with Gasteiger partial charge in [-0.25, -0.2) is 15.0 Å². The van der Waals surface area contributed by atoms with Gasteiger partial charge in [0.05, 0.1) is 19.0 Å². The summed E-state index contributed by atoms with van der Waals surface area (Å²) in [5, 5.41) is 33.2. The predicted octanol–water partition coefficient (Wildman–Crippen LogP) is 0.850. The molecule has 0 unspecified atom stereocenters. The third-order valence-corrected chi connectivity index (χ3v) is 5.96. The average Bonchev–Trinajstić information content (AvgIpc) is 3.48. The second-order valence-corrected chi connectivity index (χ2v) is 7.93. The zero-order chi connectivity index (χ0) is 21.4. The lowest BCUT2D eigenvalue weighted by Gasteiger charge is -2.23. The predicted molar refractivity (Wildman–Crippen MR) is 110 cm³/mol. The molecule has 2 aromatic heterocycles. The molecule has 0 amide bonds. The number of hydrogen-bond donors (Lipinski definition) is 4. The molecule has 2 fully saturated rings. The molecule has 10 nitrogen and oxygen atoms in total. The van der Waals surface area contributed by atoms with Gasteiger partial charge >= 0.3 is 0 Å². The van der Waals surface area contributed by atoms with Crippen LogP contribution in [0.2, 0.25) is 0 Å². The third-order valence-electron chi connectivity index (χ3n) is 5.96. The summed E-state index contributed by atoms with van der Waals surface area (Å²) in [4.78, 5) is 13.1. The van der Waals surface area contributed by atoms with Crippen molar-refractivity contribution in [3.8, 4) is 5.75 Å². The molecule has 1 aliphatic carbocycles. The van der Waals surface area contributed by atoms with Gasteiger partial charge in [-0.15, -0.1) is 0 Å². The van der Waals surface area contributed by atoms with Crippen LogP contribution in [0.4, 0.5) is 5.82 Å². The van der Waals surface area contributed by atoms with E-state index in [1.165, 1.54) is 12.7 Å². The molecule has 0 spiro atoms. The molecule has 4 N–H and O–H groups in total. The van der Waals surface area contributed by atoms with Gasteiger partial charge in [-0.1, -0.05) is 18.2 Å². The van der Waals surface area contributed by atoms with Crippen LogP contribution in [0.15, 0.2) is 43.0 Å². The molecule has 5 rings (SSSR count). The van der Waals surface area contributed by atoms with Crippen molar-refractivity contribution < 1.29 is 24.8 Å². The zero-order valence-corrected chi connectivity index (χ0v) is 16.8. The molecule has 1 aliphatic heterocycles. The Kier molecular flexibility index (Phi) is 5.45. The highest BCUT2D eigenvalue weighted by Crippen LogP contribution is 2.33. The lowest BCUT2D eigenvalue weighted by Crippen LogP contribution is -2.33. The van der Waals surface area contributed by atoms with Crippen LogP contribution in [0.3, 0.4) is 0 Å². The van der Waals surface area contributed by atoms with E-state index in [2.05, 4.69) is 20.3 Å². The van der Waals surface area contributed by atoms with Gasteiger partial charge in [0.2, 0.25) is 0 Å². The number of benzene rings is 1. The van der Waals surface area contributed by atoms with E-state index in [1.807, 2.05) is 30.3 Å². The summed E-state index contributed by atoms with van der Waals surface area (Å²) < 4.78 is 13.3. The summed E-state index contributed by atoms with van der Waals surface area (Å²) in [5.41, 5.74) is 0.997. The average molecular weight is 427 g/mol. The molecule has 3 heterocycles. The van der Waals surface area contributed by atoms with E-state index in [4.69, 9.17) is 9.47 Å². The number of anilines is 1. The number of fused-ring (bicyclic) bond motifs is 1. The monoisotopic (exact) mass is 427 g/mol. The molecular weight excluding hydrogens is 402 g/mol. The molecule has 1 saturated heterocycles. The standard InChI is InChI=1S/C21H25N5O5/c27-9-15-17(28)18(29)21(31-15)26-11-24-16-19(22-10-23-20(16)26)25-13-7-4-8-14(13)30-12-5-2-1-3-6-12/h1-3,5-6,10-11,13-15,17-18,21,27-29H,4,7-9H2,(H,22,23,25)/t13-,14-,15-,17-,18-,21-/m1/s1. The Hall–Kier alpha value is -2.79. The van der Waals surface area contributed by atoms with Gasteiger partial charge in [-0.3, -0.25) is 4.57 Å². The van der Waals surface area contributed by atoms with Crippen LogP contribution in [0.5, 0.6) is 5.75 Å². The third kappa shape index (κ3) is 3.72. The maximum Gasteiger partial charge on any atom is 0.167 e. The quantitative estimate of drug-likeness (QED) is 0.451. The molecular formula is C21H25N5O5. The van der Waals surface area contributed by atoms with Crippen molar-refractivity contribution in [2.24, 2.45) is 0 Å². The van der Waals surface area contributed by atoms with E-state index in [1.54, 1.807) is 4.57 Å². The first-order chi connectivity index (χ1) is 15.2. The van der Waals surface area contributed by atoms with Gasteiger partial charge in [-0.2, -0.15) is 0 Å². The van der Waals surface area contributed by atoms with Crippen molar-refractivity contribution in [2.75, 3.05) is 11.9 Å². The van der Waals surface area contributed by atoms with Gasteiger partial charge < -0.3 is 30.1 Å². The Labute approximate surface area is 178 Å². The number of nitrogens with zero attached hydrogens (tertiary/aromatic N) is 4. The fourth-order valence-electron chi connectivity index (χ4n) is 4.34. The van der Waals surface area contributed by atoms with Crippen molar-refractivity contribution in [1.82, 2.24) is 19.5 Å². The summed E-state index contributed by atoms with van der Waals surface area (Å²) >= 11 is 0. The van der Waals surface area contributed by atoms with Crippen LogP contribution in [-0.2, 0) is 4.74 Å². The Balaban J connectivity index is 1.38. The van der Waals surface area contributed by atoms with Crippen molar-refractivity contribution >= 4 is 17.0 Å². The molecule has 31 heavy (non-hydrogen) atoms. The highest BCUT2D eigenvalue weighted by atomic mass is 16.6. The normalized spacial score (nSPS) is 30.7. The maximum absolute atomic E-state index is 10.4. The number of aromatic nitrogens is 4. The van der Waals surface area contributed by atoms with E-state index < -0.39 is 31.1 Å². The summed E-state index contributed by atoms with van der Waals surface area (Å²) in [5.74, 6) is 1.41. The summed E-state index contributed by atoms with van der Waals surface area (Å²) in [7, 11) is 0. The van der Waals surface area contributed by atoms with Gasteiger partial charge in [0, 0.05) is 0 Å². The maximum atomic E-state index is 10.4. The largest absolute Gasteiger partial charge is 0.488 e. The molecule has 1 saturated carbocycles. The lowest BCUT2D eigenvalue weighted by atomic mass is 10.1. The van der Waals surface area contributed by atoms with E-state index >= 15 is 0 Å². The summed E-state index contributed by atoms with van der Waals surface area (Å²) in [6, 6.07) is 9.81. The number of nitrogens with one attached hydrogen (secondary N) is 1. The molecule has 2 aliphatic rings. The SMILES string of the molecule is OC[C@H]1O[C@@H](n2cnc3c(N[C@@H]4CCC[C@H]4Oc4ccccc4)ncnc32)[C@H](O)[C@@H]1O. The highest BCUT2D eigenvalue weighted by molar-refractivity contribution is 5.82. The number of ether oxygens (including phenoxy) is 2. The molecule has 6 atom stereocenters. The van der Waals surface area contributed by atoms with E-state index in [9.17, 15) is 15.3 Å². The van der Waals surface area contributed by atoms with E-state index in [-0.39, 0.29) is 12.1 Å². The van der Waals surface area contributed by atoms with Crippen LogP contribution in [0, 0.1) is 0 Å². The number of imidazole rings is 1. The minimum atomic E-state index is -1.21. The molecule has 1 aromatic carbocycles. The smallest absolute Gasteiger partial charge is 0.167 e. The number of aliphatic hydroxyl groups excluding tert-OH is 3. The Morgan fingerprint density at radius 3 is 2.71 bits per heavy atom. The fourth-order valence-corrected chi connectivity index (χ4v) is 4.34. The number of para-hydroxylation sites is 1. The lowest BCUT2D eigenvalue weighted by molar-refractivity contribution is -0.0511. The van der Waals surface area contributed by atoms with Crippen molar-refractivity contribution in [2.45, 2.75) is 55.9 Å². The highest BCUT2D eigenvalue weighted by Gasteiger charge is 2.44. The Bertz CT molecular complexity index is 1030.